The Labute approximate surface area is 123 Å². The molecule has 1 N–H and O–H groups in total. The zero-order chi connectivity index (χ0) is 14.4. The third-order valence-electron chi connectivity index (χ3n) is 3.37. The molecule has 0 fully saturated rings. The lowest BCUT2D eigenvalue weighted by atomic mass is 10.2. The van der Waals surface area contributed by atoms with E-state index >= 15 is 0 Å². The first-order chi connectivity index (χ1) is 10.2. The van der Waals surface area contributed by atoms with E-state index in [0.29, 0.717) is 21.7 Å². The Kier molecular flexibility index (Phi) is 2.55. The number of hydrogen-bond acceptors (Lipinski definition) is 3. The summed E-state index contributed by atoms with van der Waals surface area (Å²) in [7, 11) is 0. The van der Waals surface area contributed by atoms with Crippen molar-refractivity contribution < 1.29 is 0 Å². The highest BCUT2D eigenvalue weighted by Gasteiger charge is 2.12. The van der Waals surface area contributed by atoms with Crippen molar-refractivity contribution in [2.45, 2.75) is 0 Å². The second-order valence-electron chi connectivity index (χ2n) is 4.65. The minimum Gasteiger partial charge on any atom is -0.288 e. The van der Waals surface area contributed by atoms with Crippen LogP contribution in [0.25, 0.3) is 27.6 Å². The van der Waals surface area contributed by atoms with Crippen molar-refractivity contribution in [3.63, 3.8) is 0 Å². The van der Waals surface area contributed by atoms with Crippen LogP contribution in [0.1, 0.15) is 0 Å². The van der Waals surface area contributed by atoms with Crippen LogP contribution < -0.4 is 5.56 Å². The second-order valence-corrected chi connectivity index (χ2v) is 5.09. The summed E-state index contributed by atoms with van der Waals surface area (Å²) in [5, 5.41) is 5.02. The molecule has 0 unspecified atom stereocenters. The van der Waals surface area contributed by atoms with E-state index in [1.54, 1.807) is 36.7 Å². The molecule has 0 aliphatic carbocycles. The van der Waals surface area contributed by atoms with E-state index in [0.717, 1.165) is 10.9 Å². The molecule has 0 aliphatic heterocycles. The first-order valence-corrected chi connectivity index (χ1v) is 6.72. The molecule has 21 heavy (non-hydrogen) atoms. The highest BCUT2D eigenvalue weighted by Crippen LogP contribution is 2.23. The SMILES string of the molecule is O=c1c2cnc3ccc(Cl)cc3c2[nH]n1-c1ccccn1. The molecule has 0 bridgehead atoms. The van der Waals surface area contributed by atoms with E-state index < -0.39 is 0 Å². The molecule has 102 valence electrons. The fraction of sp³-hybridized carbons (Fsp3) is 0. The number of aromatic amines is 1. The molecule has 0 aliphatic rings. The Morgan fingerprint density at radius 1 is 1.10 bits per heavy atom. The molecule has 0 saturated heterocycles. The van der Waals surface area contributed by atoms with Crippen molar-refractivity contribution >= 4 is 33.4 Å². The van der Waals surface area contributed by atoms with Gasteiger partial charge in [-0.1, -0.05) is 17.7 Å². The van der Waals surface area contributed by atoms with Gasteiger partial charge >= 0.3 is 0 Å². The highest BCUT2D eigenvalue weighted by molar-refractivity contribution is 6.31. The number of halogens is 1. The summed E-state index contributed by atoms with van der Waals surface area (Å²) in [6.45, 7) is 0. The van der Waals surface area contributed by atoms with Crippen molar-refractivity contribution in [3.8, 4) is 5.82 Å². The van der Waals surface area contributed by atoms with Gasteiger partial charge in [0.25, 0.3) is 5.56 Å². The number of nitrogens with zero attached hydrogens (tertiary/aromatic N) is 3. The van der Waals surface area contributed by atoms with E-state index in [-0.39, 0.29) is 5.56 Å². The van der Waals surface area contributed by atoms with Crippen LogP contribution in [0.15, 0.2) is 53.6 Å². The smallest absolute Gasteiger partial charge is 0.282 e. The Bertz CT molecular complexity index is 1020. The number of pyridine rings is 2. The molecule has 3 heterocycles. The summed E-state index contributed by atoms with van der Waals surface area (Å²) in [5.41, 5.74) is 1.30. The largest absolute Gasteiger partial charge is 0.288 e. The fourth-order valence-electron chi connectivity index (χ4n) is 2.38. The maximum atomic E-state index is 12.5. The van der Waals surface area contributed by atoms with Gasteiger partial charge in [0.2, 0.25) is 0 Å². The van der Waals surface area contributed by atoms with Gasteiger partial charge in [-0.3, -0.25) is 14.9 Å². The number of H-pyrrole nitrogens is 1. The molecule has 0 spiro atoms. The number of hydrogen-bond donors (Lipinski definition) is 1. The summed E-state index contributed by atoms with van der Waals surface area (Å²) in [6.07, 6.45) is 3.21. The standard InChI is InChI=1S/C15H9ClN4O/c16-9-4-5-12-10(7-9)14-11(8-18-12)15(21)20(19-14)13-3-1-2-6-17-13/h1-8,19H. The average Bonchev–Trinajstić information content (AvgIpc) is 2.86. The van der Waals surface area contributed by atoms with E-state index in [4.69, 9.17) is 11.6 Å². The van der Waals surface area contributed by atoms with Crippen LogP contribution in [0.2, 0.25) is 5.02 Å². The first kappa shape index (κ1) is 12.1. The molecule has 0 saturated carbocycles. The minimum absolute atomic E-state index is 0.182. The predicted octanol–water partition coefficient (Wildman–Crippen LogP) is 2.92. The van der Waals surface area contributed by atoms with Crippen molar-refractivity contribution in [2.24, 2.45) is 0 Å². The van der Waals surface area contributed by atoms with Crippen molar-refractivity contribution in [1.82, 2.24) is 19.7 Å². The van der Waals surface area contributed by atoms with E-state index in [2.05, 4.69) is 15.1 Å². The molecular weight excluding hydrogens is 288 g/mol. The lowest BCUT2D eigenvalue weighted by Gasteiger charge is -1.99. The summed E-state index contributed by atoms with van der Waals surface area (Å²) in [6, 6.07) is 10.8. The summed E-state index contributed by atoms with van der Waals surface area (Å²) in [5.74, 6) is 0.536. The molecule has 0 radical (unpaired) electrons. The number of rotatable bonds is 1. The summed E-state index contributed by atoms with van der Waals surface area (Å²) < 4.78 is 1.41. The summed E-state index contributed by atoms with van der Waals surface area (Å²) in [4.78, 5) is 21.0. The van der Waals surface area contributed by atoms with Gasteiger partial charge in [0.1, 0.15) is 0 Å². The van der Waals surface area contributed by atoms with Gasteiger partial charge < -0.3 is 0 Å². The van der Waals surface area contributed by atoms with Gasteiger partial charge in [-0.2, -0.15) is 0 Å². The Morgan fingerprint density at radius 2 is 2.00 bits per heavy atom. The van der Waals surface area contributed by atoms with Crippen LogP contribution in [0.4, 0.5) is 0 Å². The molecule has 4 aromatic rings. The lowest BCUT2D eigenvalue weighted by Crippen LogP contribution is -2.15. The van der Waals surface area contributed by atoms with Crippen LogP contribution in [-0.2, 0) is 0 Å². The van der Waals surface area contributed by atoms with Crippen LogP contribution in [0.3, 0.4) is 0 Å². The Balaban J connectivity index is 2.13. The van der Waals surface area contributed by atoms with Crippen LogP contribution in [0, 0.1) is 0 Å². The van der Waals surface area contributed by atoms with Crippen LogP contribution in [-0.4, -0.2) is 19.7 Å². The predicted molar refractivity (Wildman–Crippen MR) is 82.0 cm³/mol. The van der Waals surface area contributed by atoms with Gasteiger partial charge in [0.15, 0.2) is 5.82 Å². The summed E-state index contributed by atoms with van der Waals surface area (Å²) >= 11 is 6.04. The normalized spacial score (nSPS) is 11.3. The number of benzene rings is 1. The van der Waals surface area contributed by atoms with E-state index in [9.17, 15) is 4.79 Å². The molecular formula is C15H9ClN4O. The number of fused-ring (bicyclic) bond motifs is 3. The van der Waals surface area contributed by atoms with Crippen molar-refractivity contribution in [2.75, 3.05) is 0 Å². The Morgan fingerprint density at radius 3 is 2.81 bits per heavy atom. The monoisotopic (exact) mass is 296 g/mol. The van der Waals surface area contributed by atoms with Gasteiger partial charge in [0, 0.05) is 22.8 Å². The van der Waals surface area contributed by atoms with Gasteiger partial charge in [-0.25, -0.2) is 9.67 Å². The Hall–Kier alpha value is -2.66. The molecule has 5 nitrogen and oxygen atoms in total. The fourth-order valence-corrected chi connectivity index (χ4v) is 2.55. The molecule has 0 atom stereocenters. The third kappa shape index (κ3) is 1.82. The highest BCUT2D eigenvalue weighted by atomic mass is 35.5. The first-order valence-electron chi connectivity index (χ1n) is 6.34. The third-order valence-corrected chi connectivity index (χ3v) is 3.60. The molecule has 0 amide bonds. The van der Waals surface area contributed by atoms with Crippen molar-refractivity contribution in [3.05, 3.63) is 64.2 Å². The van der Waals surface area contributed by atoms with Crippen molar-refractivity contribution in [1.29, 1.82) is 0 Å². The zero-order valence-corrected chi connectivity index (χ0v) is 11.5. The average molecular weight is 297 g/mol. The van der Waals surface area contributed by atoms with Gasteiger partial charge in [0.05, 0.1) is 16.4 Å². The maximum absolute atomic E-state index is 12.5. The van der Waals surface area contributed by atoms with Crippen LogP contribution >= 0.6 is 11.6 Å². The second kappa shape index (κ2) is 4.43. The maximum Gasteiger partial charge on any atom is 0.282 e. The number of nitrogens with one attached hydrogen (secondary N) is 1. The molecule has 6 heteroatoms. The topological polar surface area (TPSA) is 63.6 Å². The molecule has 3 aromatic heterocycles. The molecule has 1 aromatic carbocycles. The lowest BCUT2D eigenvalue weighted by molar-refractivity contribution is 0.832. The van der Waals surface area contributed by atoms with Gasteiger partial charge in [-0.15, -0.1) is 0 Å². The zero-order valence-electron chi connectivity index (χ0n) is 10.7. The molecule has 4 rings (SSSR count). The van der Waals surface area contributed by atoms with Crippen LogP contribution in [0.5, 0.6) is 0 Å². The number of aromatic nitrogens is 4. The van der Waals surface area contributed by atoms with E-state index in [1.165, 1.54) is 4.68 Å². The minimum atomic E-state index is -0.182. The quantitative estimate of drug-likeness (QED) is 0.587. The van der Waals surface area contributed by atoms with Gasteiger partial charge in [-0.05, 0) is 30.3 Å². The van der Waals surface area contributed by atoms with E-state index in [1.807, 2.05) is 12.1 Å².